The number of hydrogen-bond donors (Lipinski definition) is 1. The summed E-state index contributed by atoms with van der Waals surface area (Å²) in [7, 11) is 0. The molecule has 0 aliphatic heterocycles. The molecule has 1 aromatic rings. The second-order valence-corrected chi connectivity index (χ2v) is 4.48. The van der Waals surface area contributed by atoms with Gasteiger partial charge in [-0.2, -0.15) is 0 Å². The van der Waals surface area contributed by atoms with Gasteiger partial charge in [0.1, 0.15) is 12.4 Å². The van der Waals surface area contributed by atoms with Crippen LogP contribution >= 0.6 is 0 Å². The van der Waals surface area contributed by atoms with Crippen molar-refractivity contribution in [3.05, 3.63) is 24.2 Å². The molecule has 1 N–H and O–H groups in total. The molecular weight excluding hydrogens is 234 g/mol. The number of amides is 1. The molecule has 1 saturated carbocycles. The number of nitrogens with zero attached hydrogens (tertiary/aromatic N) is 1. The fourth-order valence-electron chi connectivity index (χ4n) is 2.34. The predicted molar refractivity (Wildman–Crippen MR) is 64.9 cm³/mol. The Bertz CT molecular complexity index is 357. The molecule has 0 atom stereocenters. The van der Waals surface area contributed by atoms with Crippen molar-refractivity contribution < 1.29 is 19.1 Å². The number of aliphatic hydroxyl groups is 1. The van der Waals surface area contributed by atoms with E-state index in [-0.39, 0.29) is 25.3 Å². The van der Waals surface area contributed by atoms with Gasteiger partial charge in [0.2, 0.25) is 0 Å². The van der Waals surface area contributed by atoms with Crippen molar-refractivity contribution in [1.82, 2.24) is 4.90 Å². The highest BCUT2D eigenvalue weighted by molar-refractivity contribution is 5.68. The van der Waals surface area contributed by atoms with Crippen LogP contribution < -0.4 is 0 Å². The second kappa shape index (κ2) is 6.44. The molecule has 18 heavy (non-hydrogen) atoms. The number of carbonyl (C=O) groups is 1. The second-order valence-electron chi connectivity index (χ2n) is 4.48. The lowest BCUT2D eigenvalue weighted by molar-refractivity contribution is 0.0663. The van der Waals surface area contributed by atoms with E-state index >= 15 is 0 Å². The number of aliphatic hydroxyl groups excluding tert-OH is 1. The van der Waals surface area contributed by atoms with Crippen molar-refractivity contribution in [1.29, 1.82) is 0 Å². The third kappa shape index (κ3) is 3.26. The van der Waals surface area contributed by atoms with Crippen LogP contribution in [0.3, 0.4) is 0 Å². The molecule has 2 rings (SSSR count). The van der Waals surface area contributed by atoms with Gasteiger partial charge in [-0.25, -0.2) is 4.79 Å². The van der Waals surface area contributed by atoms with Crippen LogP contribution in [0.4, 0.5) is 4.79 Å². The topological polar surface area (TPSA) is 62.9 Å². The predicted octanol–water partition coefficient (Wildman–Crippen LogP) is 2.15. The number of furan rings is 1. The minimum absolute atomic E-state index is 0.0419. The summed E-state index contributed by atoms with van der Waals surface area (Å²) < 4.78 is 10.3. The van der Waals surface area contributed by atoms with E-state index in [1.807, 2.05) is 6.07 Å². The normalized spacial score (nSPS) is 15.8. The van der Waals surface area contributed by atoms with Crippen LogP contribution in [-0.4, -0.2) is 35.4 Å². The Labute approximate surface area is 106 Å². The van der Waals surface area contributed by atoms with Crippen LogP contribution in [0.25, 0.3) is 0 Å². The summed E-state index contributed by atoms with van der Waals surface area (Å²) >= 11 is 0. The van der Waals surface area contributed by atoms with Gasteiger partial charge in [0, 0.05) is 6.04 Å². The SMILES string of the molecule is O=C(OCCO)N(Cc1ccco1)C1CCCC1. The van der Waals surface area contributed by atoms with E-state index < -0.39 is 0 Å². The number of hydrogen-bond acceptors (Lipinski definition) is 4. The van der Waals surface area contributed by atoms with Gasteiger partial charge in [0.05, 0.1) is 19.4 Å². The van der Waals surface area contributed by atoms with Crippen LogP contribution in [0, 0.1) is 0 Å². The van der Waals surface area contributed by atoms with Gasteiger partial charge >= 0.3 is 6.09 Å². The molecule has 0 radical (unpaired) electrons. The summed E-state index contributed by atoms with van der Waals surface area (Å²) in [6.45, 7) is 0.327. The maximum Gasteiger partial charge on any atom is 0.410 e. The van der Waals surface area contributed by atoms with E-state index in [1.54, 1.807) is 17.2 Å². The Kier molecular flexibility index (Phi) is 4.64. The number of carbonyl (C=O) groups excluding carboxylic acids is 1. The number of ether oxygens (including phenoxy) is 1. The Morgan fingerprint density at radius 1 is 1.50 bits per heavy atom. The van der Waals surface area contributed by atoms with E-state index in [1.165, 1.54) is 0 Å². The van der Waals surface area contributed by atoms with Crippen LogP contribution in [0.1, 0.15) is 31.4 Å². The van der Waals surface area contributed by atoms with Crippen molar-refractivity contribution in [3.8, 4) is 0 Å². The Morgan fingerprint density at radius 2 is 2.28 bits per heavy atom. The minimum Gasteiger partial charge on any atom is -0.467 e. The van der Waals surface area contributed by atoms with Gasteiger partial charge in [-0.1, -0.05) is 12.8 Å². The van der Waals surface area contributed by atoms with Crippen LogP contribution in [0.2, 0.25) is 0 Å². The summed E-state index contributed by atoms with van der Waals surface area (Å²) in [5.74, 6) is 0.753. The molecule has 5 nitrogen and oxygen atoms in total. The molecule has 0 aromatic carbocycles. The monoisotopic (exact) mass is 253 g/mol. The summed E-state index contributed by atoms with van der Waals surface area (Å²) in [6, 6.07) is 3.88. The van der Waals surface area contributed by atoms with Gasteiger partial charge in [-0.15, -0.1) is 0 Å². The molecule has 1 aliphatic carbocycles. The van der Waals surface area contributed by atoms with Crippen LogP contribution in [0.15, 0.2) is 22.8 Å². The molecule has 0 unspecified atom stereocenters. The van der Waals surface area contributed by atoms with Gasteiger partial charge in [-0.05, 0) is 25.0 Å². The smallest absolute Gasteiger partial charge is 0.410 e. The summed E-state index contributed by atoms with van der Waals surface area (Å²) in [5.41, 5.74) is 0. The average Bonchev–Trinajstić information content (AvgIpc) is 3.05. The van der Waals surface area contributed by atoms with Crippen molar-refractivity contribution in [2.24, 2.45) is 0 Å². The van der Waals surface area contributed by atoms with Crippen molar-refractivity contribution >= 4 is 6.09 Å². The maximum absolute atomic E-state index is 12.0. The van der Waals surface area contributed by atoms with Crippen LogP contribution in [-0.2, 0) is 11.3 Å². The molecule has 1 aliphatic rings. The van der Waals surface area contributed by atoms with E-state index in [9.17, 15) is 4.79 Å². The summed E-state index contributed by atoms with van der Waals surface area (Å²) in [6.07, 6.45) is 5.54. The number of rotatable bonds is 5. The van der Waals surface area contributed by atoms with Gasteiger partial charge in [-0.3, -0.25) is 4.90 Å². The first-order valence-electron chi connectivity index (χ1n) is 6.38. The summed E-state index contributed by atoms with van der Waals surface area (Å²) in [5, 5.41) is 8.70. The minimum atomic E-state index is -0.368. The van der Waals surface area contributed by atoms with Crippen molar-refractivity contribution in [3.63, 3.8) is 0 Å². The highest BCUT2D eigenvalue weighted by Gasteiger charge is 2.28. The van der Waals surface area contributed by atoms with E-state index in [0.29, 0.717) is 6.54 Å². The van der Waals surface area contributed by atoms with E-state index in [4.69, 9.17) is 14.3 Å². The Balaban J connectivity index is 1.99. The Morgan fingerprint density at radius 3 is 2.89 bits per heavy atom. The van der Waals surface area contributed by atoms with Gasteiger partial charge in [0.15, 0.2) is 0 Å². The first-order chi connectivity index (χ1) is 8.81. The molecule has 5 heteroatoms. The third-order valence-corrected chi connectivity index (χ3v) is 3.22. The zero-order valence-electron chi connectivity index (χ0n) is 10.4. The zero-order valence-corrected chi connectivity index (χ0v) is 10.4. The molecule has 100 valence electrons. The Hall–Kier alpha value is -1.49. The molecule has 0 bridgehead atoms. The quantitative estimate of drug-likeness (QED) is 0.873. The highest BCUT2D eigenvalue weighted by Crippen LogP contribution is 2.25. The first kappa shape index (κ1) is 13.0. The van der Waals surface area contributed by atoms with Gasteiger partial charge < -0.3 is 14.3 Å². The molecular formula is C13H19NO4. The average molecular weight is 253 g/mol. The van der Waals surface area contributed by atoms with E-state index in [2.05, 4.69) is 0 Å². The molecule has 0 spiro atoms. The van der Waals surface area contributed by atoms with Crippen molar-refractivity contribution in [2.75, 3.05) is 13.2 Å². The van der Waals surface area contributed by atoms with Crippen LogP contribution in [0.5, 0.6) is 0 Å². The zero-order chi connectivity index (χ0) is 12.8. The fourth-order valence-corrected chi connectivity index (χ4v) is 2.34. The van der Waals surface area contributed by atoms with Gasteiger partial charge in [0.25, 0.3) is 0 Å². The lowest BCUT2D eigenvalue weighted by Crippen LogP contribution is -2.39. The standard InChI is InChI=1S/C13H19NO4/c15-7-9-18-13(16)14(11-4-1-2-5-11)10-12-6-3-8-17-12/h3,6,8,11,15H,1-2,4-5,7,9-10H2. The largest absolute Gasteiger partial charge is 0.467 e. The molecule has 0 saturated heterocycles. The first-order valence-corrected chi connectivity index (χ1v) is 6.38. The molecule has 1 fully saturated rings. The molecule has 1 aromatic heterocycles. The molecule has 1 amide bonds. The lowest BCUT2D eigenvalue weighted by atomic mass is 10.2. The molecule has 1 heterocycles. The highest BCUT2D eigenvalue weighted by atomic mass is 16.6. The maximum atomic E-state index is 12.0. The lowest BCUT2D eigenvalue weighted by Gasteiger charge is -2.27. The van der Waals surface area contributed by atoms with Crippen molar-refractivity contribution in [2.45, 2.75) is 38.3 Å². The van der Waals surface area contributed by atoms with E-state index in [0.717, 1.165) is 31.4 Å². The fraction of sp³-hybridized carbons (Fsp3) is 0.615. The third-order valence-electron chi connectivity index (χ3n) is 3.22. The summed E-state index contributed by atoms with van der Waals surface area (Å²) in [4.78, 5) is 13.7.